The van der Waals surface area contributed by atoms with Crippen molar-refractivity contribution in [3.05, 3.63) is 41.5 Å². The maximum absolute atomic E-state index is 14.9. The first-order valence-corrected chi connectivity index (χ1v) is 13.1. The van der Waals surface area contributed by atoms with Crippen LogP contribution in [0.2, 0.25) is 0 Å². The summed E-state index contributed by atoms with van der Waals surface area (Å²) in [6.45, 7) is 7.97. The van der Waals surface area contributed by atoms with Gasteiger partial charge in [0.2, 0.25) is 5.88 Å². The number of halogens is 1. The lowest BCUT2D eigenvalue weighted by Gasteiger charge is -2.31. The molecular weight excluding hydrogens is 475 g/mol. The third-order valence-electron chi connectivity index (χ3n) is 6.66. The van der Waals surface area contributed by atoms with E-state index in [0.29, 0.717) is 25.9 Å². The molecule has 0 bridgehead atoms. The van der Waals surface area contributed by atoms with Crippen molar-refractivity contribution in [2.75, 3.05) is 38.0 Å². The van der Waals surface area contributed by atoms with Crippen LogP contribution in [0.25, 0.3) is 0 Å². The highest BCUT2D eigenvalue weighted by molar-refractivity contribution is 5.68. The van der Waals surface area contributed by atoms with Crippen LogP contribution in [0.5, 0.6) is 5.88 Å². The number of hydrogen-bond acceptors (Lipinski definition) is 8. The van der Waals surface area contributed by atoms with E-state index < -0.39 is 5.82 Å². The summed E-state index contributed by atoms with van der Waals surface area (Å²) in [6.07, 6.45) is 6.08. The maximum Gasteiger partial charge on any atom is 0.410 e. The zero-order valence-corrected chi connectivity index (χ0v) is 21.6. The van der Waals surface area contributed by atoms with Gasteiger partial charge < -0.3 is 24.6 Å². The Morgan fingerprint density at radius 2 is 1.97 bits per heavy atom. The number of ether oxygens (including phenoxy) is 2. The van der Waals surface area contributed by atoms with Crippen molar-refractivity contribution in [2.45, 2.75) is 64.6 Å². The second-order valence-corrected chi connectivity index (χ2v) is 9.84. The fraction of sp³-hybridized carbons (Fsp3) is 0.556. The molecule has 0 aliphatic carbocycles. The summed E-state index contributed by atoms with van der Waals surface area (Å²) in [7, 11) is 0. The number of aryl methyl sites for hydroxylation is 1. The second kappa shape index (κ2) is 12.7. The van der Waals surface area contributed by atoms with Gasteiger partial charge in [0.15, 0.2) is 11.4 Å². The van der Waals surface area contributed by atoms with Gasteiger partial charge in [-0.1, -0.05) is 6.07 Å². The van der Waals surface area contributed by atoms with Gasteiger partial charge in [0.05, 0.1) is 11.8 Å². The number of aromatic nitrogens is 2. The summed E-state index contributed by atoms with van der Waals surface area (Å²) in [5.41, 5.74) is 1.29. The number of hydrogen-bond donors (Lipinski definition) is 1. The number of likely N-dealkylation sites (tertiary alicyclic amines) is 2. The molecule has 10 heteroatoms. The summed E-state index contributed by atoms with van der Waals surface area (Å²) in [5.74, 6) is -0.0717. The molecule has 0 spiro atoms. The molecule has 2 aliphatic heterocycles. The minimum Gasteiger partial charge on any atom is -0.473 e. The van der Waals surface area contributed by atoms with Crippen LogP contribution >= 0.6 is 0 Å². The molecule has 4 rings (SSSR count). The Morgan fingerprint density at radius 3 is 2.65 bits per heavy atom. The van der Waals surface area contributed by atoms with Crippen LogP contribution in [0.4, 0.5) is 20.7 Å². The molecule has 198 valence electrons. The Hall–Kier alpha value is -3.45. The SMILES string of the molecule is CC(C)OC(=O)N1CCC(Oc2ncnc(Nc3ccc(CCCN4CCCC4)cc3F)c2C#N)CC1. The van der Waals surface area contributed by atoms with E-state index in [9.17, 15) is 14.4 Å². The predicted octanol–water partition coefficient (Wildman–Crippen LogP) is 4.65. The van der Waals surface area contributed by atoms with Crippen LogP contribution in [0.3, 0.4) is 0 Å². The first kappa shape index (κ1) is 26.6. The summed E-state index contributed by atoms with van der Waals surface area (Å²) in [5, 5.41) is 12.7. The Kier molecular flexibility index (Phi) is 9.12. The predicted molar refractivity (Wildman–Crippen MR) is 137 cm³/mol. The quantitative estimate of drug-likeness (QED) is 0.520. The van der Waals surface area contributed by atoms with Gasteiger partial charge in [-0.2, -0.15) is 5.26 Å². The van der Waals surface area contributed by atoms with E-state index in [1.807, 2.05) is 19.9 Å². The molecule has 0 saturated carbocycles. The number of piperidine rings is 1. The van der Waals surface area contributed by atoms with Crippen LogP contribution < -0.4 is 10.1 Å². The molecule has 1 aromatic heterocycles. The molecule has 0 atom stereocenters. The maximum atomic E-state index is 14.9. The lowest BCUT2D eigenvalue weighted by Crippen LogP contribution is -2.42. The summed E-state index contributed by atoms with van der Waals surface area (Å²) >= 11 is 0. The Balaban J connectivity index is 1.35. The van der Waals surface area contributed by atoms with Gasteiger partial charge in [0.1, 0.15) is 24.3 Å². The fourth-order valence-electron chi connectivity index (χ4n) is 4.70. The van der Waals surface area contributed by atoms with E-state index in [2.05, 4.69) is 26.3 Å². The van der Waals surface area contributed by atoms with Gasteiger partial charge in [0.25, 0.3) is 0 Å². The van der Waals surface area contributed by atoms with Gasteiger partial charge in [-0.25, -0.2) is 19.2 Å². The number of amides is 1. The molecule has 2 fully saturated rings. The molecule has 9 nitrogen and oxygen atoms in total. The molecule has 1 N–H and O–H groups in total. The van der Waals surface area contributed by atoms with Gasteiger partial charge in [0, 0.05) is 25.9 Å². The number of nitriles is 1. The van der Waals surface area contributed by atoms with E-state index in [0.717, 1.165) is 38.0 Å². The van der Waals surface area contributed by atoms with Gasteiger partial charge in [-0.15, -0.1) is 0 Å². The van der Waals surface area contributed by atoms with Crippen molar-refractivity contribution in [3.63, 3.8) is 0 Å². The zero-order chi connectivity index (χ0) is 26.2. The van der Waals surface area contributed by atoms with Crippen molar-refractivity contribution in [3.8, 4) is 11.9 Å². The van der Waals surface area contributed by atoms with Gasteiger partial charge in [-0.05, 0) is 76.9 Å². The molecule has 1 aromatic carbocycles. The summed E-state index contributed by atoms with van der Waals surface area (Å²) < 4.78 is 26.1. The van der Waals surface area contributed by atoms with Crippen LogP contribution in [-0.4, -0.2) is 70.8 Å². The molecule has 0 radical (unpaired) electrons. The normalized spacial score (nSPS) is 16.6. The average Bonchev–Trinajstić information content (AvgIpc) is 3.39. The number of carbonyl (C=O) groups excluding carboxylic acids is 1. The first-order valence-electron chi connectivity index (χ1n) is 13.1. The standard InChI is InChI=1S/C27H35FN6O3/c1-19(2)36-27(35)34-14-9-21(10-15-34)37-26-22(17-29)25(30-18-31-26)32-24-8-7-20(16-23(24)28)6-5-13-33-11-3-4-12-33/h7-8,16,18-19,21H,3-6,9-15H2,1-2H3,(H,30,31,32). The highest BCUT2D eigenvalue weighted by atomic mass is 19.1. The zero-order valence-electron chi connectivity index (χ0n) is 21.6. The van der Waals surface area contributed by atoms with E-state index in [-0.39, 0.29) is 41.2 Å². The number of anilines is 2. The third-order valence-corrected chi connectivity index (χ3v) is 6.66. The second-order valence-electron chi connectivity index (χ2n) is 9.84. The minimum atomic E-state index is -0.399. The number of nitrogens with zero attached hydrogens (tertiary/aromatic N) is 5. The Bertz CT molecular complexity index is 1110. The van der Waals surface area contributed by atoms with E-state index in [1.165, 1.54) is 25.2 Å². The van der Waals surface area contributed by atoms with Crippen molar-refractivity contribution < 1.29 is 18.7 Å². The van der Waals surface area contributed by atoms with Crippen molar-refractivity contribution in [1.82, 2.24) is 19.8 Å². The Labute approximate surface area is 217 Å². The Morgan fingerprint density at radius 1 is 1.22 bits per heavy atom. The van der Waals surface area contributed by atoms with Crippen LogP contribution in [-0.2, 0) is 11.2 Å². The minimum absolute atomic E-state index is 0.109. The summed E-state index contributed by atoms with van der Waals surface area (Å²) in [4.78, 5) is 24.5. The lowest BCUT2D eigenvalue weighted by atomic mass is 10.1. The number of carbonyl (C=O) groups is 1. The molecule has 2 aromatic rings. The number of rotatable bonds is 9. The number of benzene rings is 1. The molecule has 1 amide bonds. The lowest BCUT2D eigenvalue weighted by molar-refractivity contribution is 0.0506. The molecule has 0 unspecified atom stereocenters. The van der Waals surface area contributed by atoms with Gasteiger partial charge in [-0.3, -0.25) is 0 Å². The van der Waals surface area contributed by atoms with Crippen molar-refractivity contribution in [2.24, 2.45) is 0 Å². The molecule has 3 heterocycles. The third kappa shape index (κ3) is 7.29. The van der Waals surface area contributed by atoms with Crippen molar-refractivity contribution in [1.29, 1.82) is 5.26 Å². The van der Waals surface area contributed by atoms with Crippen molar-refractivity contribution >= 4 is 17.6 Å². The van der Waals surface area contributed by atoms with E-state index in [1.54, 1.807) is 11.0 Å². The fourth-order valence-corrected chi connectivity index (χ4v) is 4.70. The monoisotopic (exact) mass is 510 g/mol. The number of nitrogens with one attached hydrogen (secondary N) is 1. The topological polar surface area (TPSA) is 104 Å². The largest absolute Gasteiger partial charge is 0.473 e. The molecule has 2 saturated heterocycles. The summed E-state index contributed by atoms with van der Waals surface area (Å²) in [6, 6.07) is 7.20. The van der Waals surface area contributed by atoms with Crippen LogP contribution in [0.1, 0.15) is 57.1 Å². The van der Waals surface area contributed by atoms with Crippen LogP contribution in [0, 0.1) is 17.1 Å². The molecular formula is C27H35FN6O3. The average molecular weight is 511 g/mol. The van der Waals surface area contributed by atoms with E-state index >= 15 is 0 Å². The first-order chi connectivity index (χ1) is 17.9. The smallest absolute Gasteiger partial charge is 0.410 e. The highest BCUT2D eigenvalue weighted by Gasteiger charge is 2.27. The highest BCUT2D eigenvalue weighted by Crippen LogP contribution is 2.28. The molecule has 2 aliphatic rings. The van der Waals surface area contributed by atoms with Crippen LogP contribution in [0.15, 0.2) is 24.5 Å². The molecule has 37 heavy (non-hydrogen) atoms. The van der Waals surface area contributed by atoms with Gasteiger partial charge >= 0.3 is 6.09 Å². The van der Waals surface area contributed by atoms with E-state index in [4.69, 9.17) is 9.47 Å².